The molecule has 2 rings (SSSR count). The fourth-order valence-corrected chi connectivity index (χ4v) is 2.29. The Kier molecular flexibility index (Phi) is 3.07. The number of hydrogen-bond acceptors (Lipinski definition) is 3. The molecule has 0 aliphatic heterocycles. The first-order valence-corrected chi connectivity index (χ1v) is 5.78. The highest BCUT2D eigenvalue weighted by atomic mass is 16.3. The Labute approximate surface area is 101 Å². The van der Waals surface area contributed by atoms with Gasteiger partial charge in [-0.05, 0) is 38.3 Å². The molecule has 2 aromatic rings. The van der Waals surface area contributed by atoms with Crippen LogP contribution >= 0.6 is 0 Å². The number of aryl methyl sites for hydroxylation is 3. The summed E-state index contributed by atoms with van der Waals surface area (Å²) in [5.74, 6) is 1.88. The molecule has 0 saturated carbocycles. The molecular weight excluding hydrogens is 214 g/mol. The van der Waals surface area contributed by atoms with Gasteiger partial charge >= 0.3 is 0 Å². The van der Waals surface area contributed by atoms with E-state index in [9.17, 15) is 0 Å². The first-order chi connectivity index (χ1) is 7.99. The standard InChI is InChI=1S/C13H19N3O/c1-8-9(2)17-10(3)13(8)12(14)5-11-6-15-16(4)7-11/h6-7,12H,5,14H2,1-4H3. The van der Waals surface area contributed by atoms with Crippen molar-refractivity contribution < 1.29 is 4.42 Å². The topological polar surface area (TPSA) is 57.0 Å². The molecule has 0 fully saturated rings. The third kappa shape index (κ3) is 2.26. The van der Waals surface area contributed by atoms with Gasteiger partial charge in [0.05, 0.1) is 6.20 Å². The summed E-state index contributed by atoms with van der Waals surface area (Å²) in [6.45, 7) is 6.01. The SMILES string of the molecule is Cc1oc(C)c(C(N)Cc2cnn(C)c2)c1C. The van der Waals surface area contributed by atoms with Crippen molar-refractivity contribution in [3.8, 4) is 0 Å². The lowest BCUT2D eigenvalue weighted by Gasteiger charge is -2.10. The van der Waals surface area contributed by atoms with Gasteiger partial charge in [-0.3, -0.25) is 4.68 Å². The minimum absolute atomic E-state index is 0.0309. The highest BCUT2D eigenvalue weighted by Crippen LogP contribution is 2.27. The summed E-state index contributed by atoms with van der Waals surface area (Å²) < 4.78 is 7.40. The van der Waals surface area contributed by atoms with E-state index in [1.165, 1.54) is 5.56 Å². The molecule has 0 bridgehead atoms. The number of nitrogens with two attached hydrogens (primary N) is 1. The van der Waals surface area contributed by atoms with Gasteiger partial charge in [0.2, 0.25) is 0 Å². The zero-order valence-electron chi connectivity index (χ0n) is 10.8. The molecule has 0 aromatic carbocycles. The van der Waals surface area contributed by atoms with E-state index in [2.05, 4.69) is 12.0 Å². The quantitative estimate of drug-likeness (QED) is 0.884. The summed E-state index contributed by atoms with van der Waals surface area (Å²) in [6, 6.07) is -0.0309. The number of nitrogens with zero attached hydrogens (tertiary/aromatic N) is 2. The predicted molar refractivity (Wildman–Crippen MR) is 66.8 cm³/mol. The van der Waals surface area contributed by atoms with Crippen LogP contribution in [-0.4, -0.2) is 9.78 Å². The van der Waals surface area contributed by atoms with Gasteiger partial charge in [-0.25, -0.2) is 0 Å². The summed E-state index contributed by atoms with van der Waals surface area (Å²) >= 11 is 0. The van der Waals surface area contributed by atoms with Crippen LogP contribution in [-0.2, 0) is 13.5 Å². The summed E-state index contributed by atoms with van der Waals surface area (Å²) in [5, 5.41) is 4.15. The molecule has 0 aliphatic carbocycles. The van der Waals surface area contributed by atoms with Crippen LogP contribution in [0.1, 0.15) is 34.3 Å². The van der Waals surface area contributed by atoms with Crippen LogP contribution < -0.4 is 5.73 Å². The lowest BCUT2D eigenvalue weighted by molar-refractivity contribution is 0.496. The monoisotopic (exact) mass is 233 g/mol. The zero-order valence-corrected chi connectivity index (χ0v) is 10.8. The maximum Gasteiger partial charge on any atom is 0.106 e. The Bertz CT molecular complexity index is 525. The summed E-state index contributed by atoms with van der Waals surface area (Å²) in [6.07, 6.45) is 4.64. The van der Waals surface area contributed by atoms with Crippen LogP contribution in [0.3, 0.4) is 0 Å². The molecule has 1 atom stereocenters. The van der Waals surface area contributed by atoms with Crippen molar-refractivity contribution in [3.05, 3.63) is 40.6 Å². The smallest absolute Gasteiger partial charge is 0.106 e. The van der Waals surface area contributed by atoms with Gasteiger partial charge in [0.25, 0.3) is 0 Å². The number of rotatable bonds is 3. The fourth-order valence-electron chi connectivity index (χ4n) is 2.29. The van der Waals surface area contributed by atoms with E-state index >= 15 is 0 Å². The molecule has 2 aromatic heterocycles. The largest absolute Gasteiger partial charge is 0.466 e. The second-order valence-corrected chi connectivity index (χ2v) is 4.59. The highest BCUT2D eigenvalue weighted by Gasteiger charge is 2.18. The Balaban J connectivity index is 2.22. The van der Waals surface area contributed by atoms with Crippen molar-refractivity contribution >= 4 is 0 Å². The molecule has 4 nitrogen and oxygen atoms in total. The van der Waals surface area contributed by atoms with E-state index in [1.54, 1.807) is 4.68 Å². The van der Waals surface area contributed by atoms with Gasteiger partial charge in [-0.15, -0.1) is 0 Å². The summed E-state index contributed by atoms with van der Waals surface area (Å²) in [4.78, 5) is 0. The molecule has 0 aliphatic rings. The number of hydrogen-bond donors (Lipinski definition) is 1. The molecule has 2 heterocycles. The number of furan rings is 1. The lowest BCUT2D eigenvalue weighted by Crippen LogP contribution is -2.14. The Morgan fingerprint density at radius 1 is 1.35 bits per heavy atom. The van der Waals surface area contributed by atoms with Crippen molar-refractivity contribution in [2.45, 2.75) is 33.2 Å². The molecule has 0 spiro atoms. The maximum atomic E-state index is 6.25. The van der Waals surface area contributed by atoms with Gasteiger partial charge in [-0.1, -0.05) is 0 Å². The van der Waals surface area contributed by atoms with Crippen molar-refractivity contribution in [1.82, 2.24) is 9.78 Å². The van der Waals surface area contributed by atoms with Gasteiger partial charge < -0.3 is 10.2 Å². The van der Waals surface area contributed by atoms with Crippen molar-refractivity contribution in [1.29, 1.82) is 0 Å². The first kappa shape index (κ1) is 11.9. The maximum absolute atomic E-state index is 6.25. The van der Waals surface area contributed by atoms with Gasteiger partial charge in [0.1, 0.15) is 11.5 Å². The van der Waals surface area contributed by atoms with E-state index in [0.29, 0.717) is 0 Å². The van der Waals surface area contributed by atoms with Crippen LogP contribution in [0.25, 0.3) is 0 Å². The molecule has 0 saturated heterocycles. The van der Waals surface area contributed by atoms with Crippen LogP contribution in [0.15, 0.2) is 16.8 Å². The van der Waals surface area contributed by atoms with E-state index < -0.39 is 0 Å². The van der Waals surface area contributed by atoms with E-state index in [4.69, 9.17) is 10.2 Å². The molecule has 1 unspecified atom stereocenters. The minimum atomic E-state index is -0.0309. The normalized spacial score (nSPS) is 13.0. The average molecular weight is 233 g/mol. The van der Waals surface area contributed by atoms with Gasteiger partial charge in [0, 0.05) is 24.8 Å². The van der Waals surface area contributed by atoms with Crippen molar-refractivity contribution in [2.24, 2.45) is 12.8 Å². The Hall–Kier alpha value is -1.55. The molecule has 17 heavy (non-hydrogen) atoms. The molecule has 0 amide bonds. The van der Waals surface area contributed by atoms with Crippen LogP contribution in [0.2, 0.25) is 0 Å². The Morgan fingerprint density at radius 2 is 2.06 bits per heavy atom. The Morgan fingerprint density at radius 3 is 2.53 bits per heavy atom. The lowest BCUT2D eigenvalue weighted by atomic mass is 9.98. The molecular formula is C13H19N3O. The zero-order chi connectivity index (χ0) is 12.6. The van der Waals surface area contributed by atoms with E-state index in [0.717, 1.165) is 29.1 Å². The van der Waals surface area contributed by atoms with Crippen molar-refractivity contribution in [2.75, 3.05) is 0 Å². The number of aromatic nitrogens is 2. The second-order valence-electron chi connectivity index (χ2n) is 4.59. The third-order valence-electron chi connectivity index (χ3n) is 3.20. The van der Waals surface area contributed by atoms with Crippen LogP contribution in [0, 0.1) is 20.8 Å². The highest BCUT2D eigenvalue weighted by molar-refractivity contribution is 5.34. The predicted octanol–water partition coefficient (Wildman–Crippen LogP) is 2.18. The van der Waals surface area contributed by atoms with Crippen molar-refractivity contribution in [3.63, 3.8) is 0 Å². The van der Waals surface area contributed by atoms with E-state index in [1.807, 2.05) is 33.3 Å². The molecule has 2 N–H and O–H groups in total. The second kappa shape index (κ2) is 4.37. The van der Waals surface area contributed by atoms with E-state index in [-0.39, 0.29) is 6.04 Å². The summed E-state index contributed by atoms with van der Waals surface area (Å²) in [7, 11) is 1.91. The average Bonchev–Trinajstić information content (AvgIpc) is 2.73. The van der Waals surface area contributed by atoms with Gasteiger partial charge in [-0.2, -0.15) is 5.10 Å². The molecule has 0 radical (unpaired) electrons. The minimum Gasteiger partial charge on any atom is -0.466 e. The fraction of sp³-hybridized carbons (Fsp3) is 0.462. The summed E-state index contributed by atoms with van der Waals surface area (Å²) in [5.41, 5.74) is 9.70. The third-order valence-corrected chi connectivity index (χ3v) is 3.20. The molecule has 92 valence electrons. The van der Waals surface area contributed by atoms with Crippen LogP contribution in [0.5, 0.6) is 0 Å². The molecule has 4 heteroatoms. The first-order valence-electron chi connectivity index (χ1n) is 5.78. The van der Waals surface area contributed by atoms with Gasteiger partial charge in [0.15, 0.2) is 0 Å². The van der Waals surface area contributed by atoms with Crippen LogP contribution in [0.4, 0.5) is 0 Å².